The van der Waals surface area contributed by atoms with Gasteiger partial charge in [0.2, 0.25) is 21.8 Å². The predicted octanol–water partition coefficient (Wildman–Crippen LogP) is 1.09. The van der Waals surface area contributed by atoms with Crippen molar-refractivity contribution >= 4 is 55.8 Å². The van der Waals surface area contributed by atoms with Gasteiger partial charge in [-0.1, -0.05) is 24.0 Å². The van der Waals surface area contributed by atoms with Gasteiger partial charge in [0, 0.05) is 19.5 Å². The molecule has 2 amide bonds. The molecule has 2 aliphatic rings. The Bertz CT molecular complexity index is 893. The van der Waals surface area contributed by atoms with Crippen molar-refractivity contribution in [3.8, 4) is 0 Å². The lowest BCUT2D eigenvalue weighted by molar-refractivity contribution is -0.121. The molecule has 2 aliphatic heterocycles. The lowest BCUT2D eigenvalue weighted by Gasteiger charge is -2.36. The van der Waals surface area contributed by atoms with Crippen LogP contribution in [-0.4, -0.2) is 60.0 Å². The molecule has 11 heteroatoms. The molecule has 152 valence electrons. The molecule has 0 aliphatic carbocycles. The third-order valence-electron chi connectivity index (χ3n) is 4.45. The quantitative estimate of drug-likeness (QED) is 0.546. The van der Waals surface area contributed by atoms with Crippen LogP contribution >= 0.6 is 24.0 Å². The Hall–Kier alpha value is -1.53. The van der Waals surface area contributed by atoms with Gasteiger partial charge in [-0.05, 0) is 38.1 Å². The van der Waals surface area contributed by atoms with Crippen LogP contribution in [0.3, 0.4) is 0 Å². The average Bonchev–Trinajstić information content (AvgIpc) is 2.87. The number of amides is 2. The molecule has 8 nitrogen and oxygen atoms in total. The maximum Gasteiger partial charge on any atom is 0.247 e. The fraction of sp³-hybridized carbons (Fsp3) is 0.471. The standard InChI is InChI=1S/C17H21N3O5S3/c1-10-8-19(9-11(2)25-10)17(26)27-14-7-15(21)20(16(14)22)12-3-5-13(6-4-12)28(18,23)24/h3-6,10-11,14H,7-9H2,1-2H3,(H2,18,23,24)/t10-,11+,14-/m0/s1. The van der Waals surface area contributed by atoms with Crippen LogP contribution in [0.15, 0.2) is 29.2 Å². The molecule has 3 atom stereocenters. The second-order valence-electron chi connectivity index (χ2n) is 6.85. The molecule has 0 radical (unpaired) electrons. The van der Waals surface area contributed by atoms with Crippen molar-refractivity contribution in [3.05, 3.63) is 24.3 Å². The molecule has 3 rings (SSSR count). The van der Waals surface area contributed by atoms with Crippen molar-refractivity contribution in [1.29, 1.82) is 0 Å². The molecule has 2 N–H and O–H groups in total. The lowest BCUT2D eigenvalue weighted by Crippen LogP contribution is -2.47. The van der Waals surface area contributed by atoms with Crippen molar-refractivity contribution in [2.24, 2.45) is 5.14 Å². The molecule has 28 heavy (non-hydrogen) atoms. The van der Waals surface area contributed by atoms with Gasteiger partial charge in [0.15, 0.2) is 0 Å². The minimum absolute atomic E-state index is 0.0377. The van der Waals surface area contributed by atoms with Crippen molar-refractivity contribution in [3.63, 3.8) is 0 Å². The number of anilines is 1. The molecule has 2 fully saturated rings. The number of thioether (sulfide) groups is 1. The van der Waals surface area contributed by atoms with Crippen LogP contribution in [0.4, 0.5) is 5.69 Å². The first-order valence-corrected chi connectivity index (χ1v) is 11.5. The van der Waals surface area contributed by atoms with Crippen molar-refractivity contribution in [2.45, 2.75) is 42.6 Å². The molecular weight excluding hydrogens is 422 g/mol. The predicted molar refractivity (Wildman–Crippen MR) is 110 cm³/mol. The van der Waals surface area contributed by atoms with Crippen LogP contribution in [0.2, 0.25) is 0 Å². The Morgan fingerprint density at radius 3 is 2.29 bits per heavy atom. The Morgan fingerprint density at radius 1 is 1.18 bits per heavy atom. The zero-order valence-electron chi connectivity index (χ0n) is 15.4. The number of carbonyl (C=O) groups is 2. The average molecular weight is 444 g/mol. The van der Waals surface area contributed by atoms with Gasteiger partial charge in [-0.25, -0.2) is 18.5 Å². The van der Waals surface area contributed by atoms with E-state index in [1.165, 1.54) is 36.0 Å². The van der Waals surface area contributed by atoms with Gasteiger partial charge >= 0.3 is 0 Å². The molecule has 0 bridgehead atoms. The number of nitrogens with zero attached hydrogens (tertiary/aromatic N) is 2. The summed E-state index contributed by atoms with van der Waals surface area (Å²) in [7, 11) is -3.84. The Labute approximate surface area is 173 Å². The Kier molecular flexibility index (Phi) is 6.11. The summed E-state index contributed by atoms with van der Waals surface area (Å²) >= 11 is 6.70. The van der Waals surface area contributed by atoms with Crippen LogP contribution in [0, 0.1) is 0 Å². The zero-order valence-corrected chi connectivity index (χ0v) is 17.9. The Balaban J connectivity index is 1.70. The maximum atomic E-state index is 12.8. The molecule has 0 spiro atoms. The number of primary sulfonamides is 1. The van der Waals surface area contributed by atoms with Crippen LogP contribution in [-0.2, 0) is 24.3 Å². The number of morpholine rings is 1. The summed E-state index contributed by atoms with van der Waals surface area (Å²) in [5, 5.41) is 4.47. The van der Waals surface area contributed by atoms with Gasteiger partial charge in [-0.3, -0.25) is 9.59 Å². The number of benzene rings is 1. The van der Waals surface area contributed by atoms with E-state index < -0.39 is 15.3 Å². The highest BCUT2D eigenvalue weighted by atomic mass is 32.2. The molecule has 1 aromatic rings. The first-order valence-electron chi connectivity index (χ1n) is 8.67. The van der Waals surface area contributed by atoms with Crippen molar-refractivity contribution in [1.82, 2.24) is 4.90 Å². The summed E-state index contributed by atoms with van der Waals surface area (Å²) < 4.78 is 29.0. The number of nitrogens with two attached hydrogens (primary N) is 1. The van der Waals surface area contributed by atoms with Crippen molar-refractivity contribution in [2.75, 3.05) is 18.0 Å². The van der Waals surface area contributed by atoms with Gasteiger partial charge in [0.1, 0.15) is 9.57 Å². The summed E-state index contributed by atoms with van der Waals surface area (Å²) in [5.74, 6) is -0.715. The second kappa shape index (κ2) is 8.07. The topological polar surface area (TPSA) is 110 Å². The van der Waals surface area contributed by atoms with Crippen LogP contribution in [0.25, 0.3) is 0 Å². The minimum Gasteiger partial charge on any atom is -0.372 e. The number of rotatable bonds is 3. The number of ether oxygens (including phenoxy) is 1. The molecule has 2 saturated heterocycles. The molecular formula is C17H21N3O5S3. The number of hydrogen-bond acceptors (Lipinski definition) is 7. The van der Waals surface area contributed by atoms with Gasteiger partial charge in [0.25, 0.3) is 0 Å². The van der Waals surface area contributed by atoms with E-state index in [9.17, 15) is 18.0 Å². The summed E-state index contributed by atoms with van der Waals surface area (Å²) in [6.07, 6.45) is 0.116. The first kappa shape index (κ1) is 21.2. The van der Waals surface area contributed by atoms with Gasteiger partial charge < -0.3 is 9.64 Å². The van der Waals surface area contributed by atoms with Crippen LogP contribution in [0.5, 0.6) is 0 Å². The monoisotopic (exact) mass is 443 g/mol. The summed E-state index contributed by atoms with van der Waals surface area (Å²) in [6.45, 7) is 5.22. The SMILES string of the molecule is C[C@@H]1CN(C(=S)S[C@H]2CC(=O)N(c3ccc(S(N)(=O)=O)cc3)C2=O)C[C@H](C)O1. The van der Waals surface area contributed by atoms with Crippen LogP contribution < -0.4 is 10.0 Å². The minimum atomic E-state index is -3.84. The third-order valence-corrected chi connectivity index (χ3v) is 7.04. The zero-order chi connectivity index (χ0) is 20.6. The van der Waals surface area contributed by atoms with E-state index in [-0.39, 0.29) is 35.3 Å². The van der Waals surface area contributed by atoms with E-state index in [1.807, 2.05) is 18.7 Å². The molecule has 1 aromatic carbocycles. The first-order chi connectivity index (χ1) is 13.1. The number of thiocarbonyl (C=S) groups is 1. The lowest BCUT2D eigenvalue weighted by atomic mass is 10.2. The normalized spacial score (nSPS) is 26.0. The van der Waals surface area contributed by atoms with Crippen molar-refractivity contribution < 1.29 is 22.7 Å². The molecule has 2 heterocycles. The van der Waals surface area contributed by atoms with E-state index in [4.69, 9.17) is 22.1 Å². The number of carbonyl (C=O) groups excluding carboxylic acids is 2. The fourth-order valence-corrected chi connectivity index (χ4v) is 5.26. The second-order valence-corrected chi connectivity index (χ2v) is 10.2. The van der Waals surface area contributed by atoms with Crippen LogP contribution in [0.1, 0.15) is 20.3 Å². The smallest absolute Gasteiger partial charge is 0.247 e. The highest BCUT2D eigenvalue weighted by Crippen LogP contribution is 2.32. The van der Waals surface area contributed by atoms with E-state index in [1.54, 1.807) is 0 Å². The molecule has 0 unspecified atom stereocenters. The van der Waals surface area contributed by atoms with Gasteiger partial charge in [-0.2, -0.15) is 0 Å². The summed E-state index contributed by atoms with van der Waals surface area (Å²) in [6, 6.07) is 5.33. The number of imide groups is 1. The molecule has 0 aromatic heterocycles. The van der Waals surface area contributed by atoms with Gasteiger partial charge in [0.05, 0.1) is 22.8 Å². The summed E-state index contributed by atoms with van der Waals surface area (Å²) in [4.78, 5) is 28.2. The fourth-order valence-electron chi connectivity index (χ4n) is 3.28. The van der Waals surface area contributed by atoms with E-state index in [0.29, 0.717) is 23.1 Å². The van der Waals surface area contributed by atoms with E-state index >= 15 is 0 Å². The van der Waals surface area contributed by atoms with E-state index in [0.717, 1.165) is 4.90 Å². The maximum absolute atomic E-state index is 12.8. The third kappa shape index (κ3) is 4.54. The van der Waals surface area contributed by atoms with Gasteiger partial charge in [-0.15, -0.1) is 0 Å². The highest BCUT2D eigenvalue weighted by Gasteiger charge is 2.41. The number of hydrogen-bond donors (Lipinski definition) is 1. The highest BCUT2D eigenvalue weighted by molar-refractivity contribution is 8.23. The summed E-state index contributed by atoms with van der Waals surface area (Å²) in [5.41, 5.74) is 0.310. The molecule has 0 saturated carbocycles. The largest absolute Gasteiger partial charge is 0.372 e. The van der Waals surface area contributed by atoms with E-state index in [2.05, 4.69) is 0 Å². The number of sulfonamides is 1. The Morgan fingerprint density at radius 2 is 1.75 bits per heavy atom.